The lowest BCUT2D eigenvalue weighted by Crippen LogP contribution is -2.30. The van der Waals surface area contributed by atoms with Gasteiger partial charge in [0, 0.05) is 5.39 Å². The van der Waals surface area contributed by atoms with Gasteiger partial charge in [0.15, 0.2) is 5.82 Å². The van der Waals surface area contributed by atoms with Gasteiger partial charge in [-0.3, -0.25) is 9.59 Å². The van der Waals surface area contributed by atoms with E-state index >= 15 is 0 Å². The van der Waals surface area contributed by atoms with Gasteiger partial charge < -0.3 is 0 Å². The molecule has 5 nitrogen and oxygen atoms in total. The minimum absolute atomic E-state index is 0.00902. The van der Waals surface area contributed by atoms with Crippen molar-refractivity contribution in [1.29, 1.82) is 0 Å². The van der Waals surface area contributed by atoms with Gasteiger partial charge in [0.2, 0.25) is 5.28 Å². The maximum absolute atomic E-state index is 12.6. The molecule has 3 aromatic rings. The van der Waals surface area contributed by atoms with Crippen molar-refractivity contribution in [2.75, 3.05) is 4.90 Å². The largest absolute Gasteiger partial charge is 0.268 e. The predicted octanol–water partition coefficient (Wildman–Crippen LogP) is 3.08. The van der Waals surface area contributed by atoms with E-state index in [1.54, 1.807) is 48.5 Å². The van der Waals surface area contributed by atoms with Crippen molar-refractivity contribution < 1.29 is 9.59 Å². The molecule has 0 bridgehead atoms. The molecule has 2 heterocycles. The van der Waals surface area contributed by atoms with Gasteiger partial charge in [-0.05, 0) is 35.9 Å². The fourth-order valence-electron chi connectivity index (χ4n) is 2.58. The van der Waals surface area contributed by atoms with E-state index in [9.17, 15) is 9.59 Å². The van der Waals surface area contributed by atoms with Crippen LogP contribution in [0.5, 0.6) is 0 Å². The van der Waals surface area contributed by atoms with Crippen LogP contribution in [0, 0.1) is 0 Å². The van der Waals surface area contributed by atoms with Crippen molar-refractivity contribution in [3.8, 4) is 0 Å². The molecule has 0 N–H and O–H groups in total. The molecule has 0 fully saturated rings. The second-order valence-corrected chi connectivity index (χ2v) is 5.16. The second kappa shape index (κ2) is 4.61. The highest BCUT2D eigenvalue weighted by Gasteiger charge is 2.38. The Morgan fingerprint density at radius 2 is 1.41 bits per heavy atom. The van der Waals surface area contributed by atoms with Crippen molar-refractivity contribution in [3.05, 3.63) is 64.9 Å². The molecule has 2 aromatic carbocycles. The molecule has 0 saturated heterocycles. The summed E-state index contributed by atoms with van der Waals surface area (Å²) >= 11 is 5.94. The summed E-state index contributed by atoms with van der Waals surface area (Å²) in [5, 5.41) is 0.590. The number of rotatable bonds is 1. The first-order chi connectivity index (χ1) is 10.7. The Labute approximate surface area is 130 Å². The third-order valence-corrected chi connectivity index (χ3v) is 3.73. The van der Waals surface area contributed by atoms with Gasteiger partial charge in [-0.25, -0.2) is 9.88 Å². The molecule has 0 aliphatic carbocycles. The maximum Gasteiger partial charge on any atom is 0.267 e. The summed E-state index contributed by atoms with van der Waals surface area (Å²) in [6.07, 6.45) is 0. The lowest BCUT2D eigenvalue weighted by molar-refractivity contribution is 0.0925. The molecule has 4 rings (SSSR count). The minimum atomic E-state index is -0.402. The van der Waals surface area contributed by atoms with Crippen molar-refractivity contribution >= 4 is 40.1 Å². The Morgan fingerprint density at radius 3 is 2.09 bits per heavy atom. The molecule has 0 radical (unpaired) electrons. The van der Waals surface area contributed by atoms with Crippen molar-refractivity contribution in [1.82, 2.24) is 9.97 Å². The van der Waals surface area contributed by atoms with Gasteiger partial charge in [0.1, 0.15) is 0 Å². The number of nitrogens with zero attached hydrogens (tertiary/aromatic N) is 3. The molecule has 0 spiro atoms. The highest BCUT2D eigenvalue weighted by Crippen LogP contribution is 2.32. The number of benzene rings is 2. The van der Waals surface area contributed by atoms with Gasteiger partial charge in [-0.15, -0.1) is 0 Å². The van der Waals surface area contributed by atoms with Crippen LogP contribution in [0.15, 0.2) is 48.5 Å². The number of anilines is 1. The van der Waals surface area contributed by atoms with Gasteiger partial charge >= 0.3 is 0 Å². The Hall–Kier alpha value is -2.79. The number of carbonyl (C=O) groups excluding carboxylic acids is 2. The maximum atomic E-state index is 12.6. The van der Waals surface area contributed by atoms with E-state index in [0.717, 1.165) is 4.90 Å². The van der Waals surface area contributed by atoms with Crippen LogP contribution < -0.4 is 4.90 Å². The number of hydrogen-bond acceptors (Lipinski definition) is 4. The summed E-state index contributed by atoms with van der Waals surface area (Å²) in [7, 11) is 0. The summed E-state index contributed by atoms with van der Waals surface area (Å²) in [6.45, 7) is 0. The molecule has 6 heteroatoms. The first kappa shape index (κ1) is 12.9. The smallest absolute Gasteiger partial charge is 0.267 e. The van der Waals surface area contributed by atoms with Crippen LogP contribution in [0.1, 0.15) is 20.7 Å². The van der Waals surface area contributed by atoms with E-state index in [1.165, 1.54) is 0 Å². The molecule has 0 unspecified atom stereocenters. The molecule has 106 valence electrons. The van der Waals surface area contributed by atoms with Gasteiger partial charge in [-0.2, -0.15) is 4.98 Å². The summed E-state index contributed by atoms with van der Waals surface area (Å²) in [6, 6.07) is 13.8. The second-order valence-electron chi connectivity index (χ2n) is 4.82. The molecule has 1 aliphatic heterocycles. The average molecular weight is 310 g/mol. The molecular weight excluding hydrogens is 302 g/mol. The van der Waals surface area contributed by atoms with Gasteiger partial charge in [0.05, 0.1) is 16.6 Å². The number of hydrogen-bond donors (Lipinski definition) is 0. The lowest BCUT2D eigenvalue weighted by atomic mass is 10.1. The topological polar surface area (TPSA) is 63.2 Å². The van der Waals surface area contributed by atoms with E-state index < -0.39 is 11.8 Å². The fraction of sp³-hybridized carbons (Fsp3) is 0. The summed E-state index contributed by atoms with van der Waals surface area (Å²) in [5.74, 6) is -0.595. The van der Waals surface area contributed by atoms with Crippen LogP contribution in [-0.4, -0.2) is 21.8 Å². The number of fused-ring (bicyclic) bond motifs is 2. The van der Waals surface area contributed by atoms with Gasteiger partial charge in [-0.1, -0.05) is 24.3 Å². The van der Waals surface area contributed by atoms with E-state index in [1.807, 2.05) is 0 Å². The highest BCUT2D eigenvalue weighted by atomic mass is 35.5. The Morgan fingerprint density at radius 1 is 0.818 bits per heavy atom. The Kier molecular flexibility index (Phi) is 2.71. The standard InChI is InChI=1S/C16H8ClN3O2/c17-16-18-12-8-4-3-7-11(12)13(19-16)20-14(21)9-5-1-2-6-10(9)15(20)22/h1-8H. The van der Waals surface area contributed by atoms with E-state index in [-0.39, 0.29) is 11.1 Å². The zero-order chi connectivity index (χ0) is 15.3. The Bertz CT molecular complexity index is 920. The average Bonchev–Trinajstić information content (AvgIpc) is 2.78. The molecule has 0 saturated carbocycles. The quantitative estimate of drug-likeness (QED) is 0.512. The van der Waals surface area contributed by atoms with Crippen LogP contribution >= 0.6 is 11.6 Å². The number of carbonyl (C=O) groups is 2. The van der Waals surface area contributed by atoms with Crippen molar-refractivity contribution in [3.63, 3.8) is 0 Å². The zero-order valence-corrected chi connectivity index (χ0v) is 11.9. The van der Waals surface area contributed by atoms with Gasteiger partial charge in [0.25, 0.3) is 11.8 Å². The number of para-hydroxylation sites is 1. The van der Waals surface area contributed by atoms with Crippen molar-refractivity contribution in [2.45, 2.75) is 0 Å². The first-order valence-electron chi connectivity index (χ1n) is 6.57. The summed E-state index contributed by atoms with van der Waals surface area (Å²) in [5.41, 5.74) is 1.31. The minimum Gasteiger partial charge on any atom is -0.268 e. The third-order valence-electron chi connectivity index (χ3n) is 3.56. The molecule has 1 aromatic heterocycles. The lowest BCUT2D eigenvalue weighted by Gasteiger charge is -2.15. The molecular formula is C16H8ClN3O2. The Balaban J connectivity index is 1.98. The molecule has 2 amide bonds. The van der Waals surface area contributed by atoms with Crippen LogP contribution in [-0.2, 0) is 0 Å². The molecule has 0 atom stereocenters. The van der Waals surface area contributed by atoms with Crippen LogP contribution in [0.3, 0.4) is 0 Å². The number of amides is 2. The monoisotopic (exact) mass is 309 g/mol. The number of aromatic nitrogens is 2. The summed E-state index contributed by atoms with van der Waals surface area (Å²) < 4.78 is 0. The first-order valence-corrected chi connectivity index (χ1v) is 6.95. The van der Waals surface area contributed by atoms with Crippen molar-refractivity contribution in [2.24, 2.45) is 0 Å². The highest BCUT2D eigenvalue weighted by molar-refractivity contribution is 6.36. The summed E-state index contributed by atoms with van der Waals surface area (Å²) in [4.78, 5) is 34.4. The SMILES string of the molecule is O=C1c2ccccc2C(=O)N1c1nc(Cl)nc2ccccc12. The molecule has 1 aliphatic rings. The third kappa shape index (κ3) is 1.72. The van der Waals surface area contributed by atoms with Crippen LogP contribution in [0.2, 0.25) is 5.28 Å². The number of imide groups is 1. The number of halogens is 1. The fourth-order valence-corrected chi connectivity index (χ4v) is 2.76. The normalized spacial score (nSPS) is 13.8. The van der Waals surface area contributed by atoms with E-state index in [2.05, 4.69) is 9.97 Å². The molecule has 22 heavy (non-hydrogen) atoms. The predicted molar refractivity (Wildman–Crippen MR) is 82.1 cm³/mol. The van der Waals surface area contributed by atoms with Crippen LogP contribution in [0.4, 0.5) is 5.82 Å². The van der Waals surface area contributed by atoms with E-state index in [0.29, 0.717) is 22.0 Å². The van der Waals surface area contributed by atoms with E-state index in [4.69, 9.17) is 11.6 Å². The zero-order valence-electron chi connectivity index (χ0n) is 11.2. The van der Waals surface area contributed by atoms with Crippen LogP contribution in [0.25, 0.3) is 10.9 Å².